The van der Waals surface area contributed by atoms with Crippen LogP contribution < -0.4 is 14.4 Å². The Hall–Kier alpha value is -1.86. The number of hydrogen-bond donors (Lipinski definition) is 1. The molecular formula is C18H26N3O3S+. The molecule has 1 aromatic heterocycles. The maximum atomic E-state index is 5.76. The first-order valence-electron chi connectivity index (χ1n) is 8.81. The summed E-state index contributed by atoms with van der Waals surface area (Å²) in [5.74, 6) is 1.86. The number of rotatable bonds is 6. The molecule has 1 unspecified atom stereocenters. The van der Waals surface area contributed by atoms with E-state index in [1.165, 1.54) is 30.6 Å². The molecule has 0 spiro atoms. The van der Waals surface area contributed by atoms with Crippen LogP contribution in [0, 0.1) is 4.84 Å². The third-order valence-corrected chi connectivity index (χ3v) is 5.26. The number of piperidine rings is 1. The van der Waals surface area contributed by atoms with Crippen molar-refractivity contribution in [2.45, 2.75) is 45.3 Å². The number of nitrogens with one attached hydrogen (secondary N) is 1. The summed E-state index contributed by atoms with van der Waals surface area (Å²) in [4.78, 5) is 1.94. The van der Waals surface area contributed by atoms with Gasteiger partial charge in [-0.15, -0.1) is 5.10 Å². The average molecular weight is 364 g/mol. The third-order valence-electron chi connectivity index (χ3n) is 4.97. The summed E-state index contributed by atoms with van der Waals surface area (Å²) in [7, 11) is 3.24. The van der Waals surface area contributed by atoms with E-state index in [2.05, 4.69) is 12.0 Å². The van der Waals surface area contributed by atoms with Crippen molar-refractivity contribution >= 4 is 12.2 Å². The molecule has 2 heterocycles. The van der Waals surface area contributed by atoms with Crippen molar-refractivity contribution in [3.63, 3.8) is 0 Å². The van der Waals surface area contributed by atoms with Crippen molar-refractivity contribution in [2.75, 3.05) is 20.8 Å². The summed E-state index contributed by atoms with van der Waals surface area (Å²) in [5.41, 5.74) is 0.772. The molecule has 1 saturated heterocycles. The summed E-state index contributed by atoms with van der Waals surface area (Å²) >= 11 is 5.40. The summed E-state index contributed by atoms with van der Waals surface area (Å²) in [6.45, 7) is 4.17. The molecule has 1 aliphatic heterocycles. The fourth-order valence-corrected chi connectivity index (χ4v) is 3.72. The molecule has 3 rings (SSSR count). The lowest BCUT2D eigenvalue weighted by atomic mass is 10.0. The van der Waals surface area contributed by atoms with Gasteiger partial charge in [0.15, 0.2) is 6.67 Å². The number of nitrogens with zero attached hydrogens (tertiary/aromatic N) is 2. The lowest BCUT2D eigenvalue weighted by Gasteiger charge is -2.31. The van der Waals surface area contributed by atoms with Crippen molar-refractivity contribution in [1.29, 1.82) is 0 Å². The molecule has 0 aliphatic carbocycles. The van der Waals surface area contributed by atoms with E-state index in [1.807, 2.05) is 18.2 Å². The van der Waals surface area contributed by atoms with Gasteiger partial charge in [0.2, 0.25) is 0 Å². The van der Waals surface area contributed by atoms with E-state index < -0.39 is 0 Å². The quantitative estimate of drug-likeness (QED) is 0.799. The third kappa shape index (κ3) is 3.88. The Morgan fingerprint density at radius 1 is 1.32 bits per heavy atom. The largest absolute Gasteiger partial charge is 0.497 e. The van der Waals surface area contributed by atoms with Crippen LogP contribution in [-0.4, -0.2) is 36.6 Å². The number of quaternary nitrogens is 1. The van der Waals surface area contributed by atoms with Crippen LogP contribution in [0.15, 0.2) is 22.6 Å². The molecule has 6 nitrogen and oxygen atoms in total. The molecule has 136 valence electrons. The van der Waals surface area contributed by atoms with Gasteiger partial charge in [0.05, 0.1) is 32.4 Å². The van der Waals surface area contributed by atoms with Crippen LogP contribution in [0.3, 0.4) is 0 Å². The first-order chi connectivity index (χ1) is 12.2. The van der Waals surface area contributed by atoms with E-state index in [0.717, 1.165) is 24.5 Å². The SMILES string of the molecule is CC[C@H]1CCCC[NH+]1Cn1nc(-c2ccc(OC)cc2OC)oc1=S. The second-order valence-electron chi connectivity index (χ2n) is 6.41. The number of benzene rings is 1. The minimum absolute atomic E-state index is 0.404. The normalized spacial score (nSPS) is 20.4. The molecule has 0 bridgehead atoms. The molecule has 1 N–H and O–H groups in total. The summed E-state index contributed by atoms with van der Waals surface area (Å²) in [6.07, 6.45) is 5.03. The van der Waals surface area contributed by atoms with E-state index in [4.69, 9.17) is 26.1 Å². The van der Waals surface area contributed by atoms with Gasteiger partial charge in [0.1, 0.15) is 11.5 Å². The van der Waals surface area contributed by atoms with Crippen molar-refractivity contribution in [3.8, 4) is 23.0 Å². The van der Waals surface area contributed by atoms with E-state index in [-0.39, 0.29) is 0 Å². The van der Waals surface area contributed by atoms with Crippen molar-refractivity contribution in [3.05, 3.63) is 23.0 Å². The van der Waals surface area contributed by atoms with Gasteiger partial charge in [-0.25, -0.2) is 0 Å². The smallest absolute Gasteiger partial charge is 0.292 e. The molecule has 1 fully saturated rings. The van der Waals surface area contributed by atoms with Crippen LogP contribution in [0.4, 0.5) is 0 Å². The standard InChI is InChI=1S/C18H25N3O3S/c1-4-13-7-5-6-10-20(13)12-21-18(25)24-17(19-21)15-9-8-14(22-2)11-16(15)23-3/h8-9,11,13H,4-7,10,12H2,1-3H3/p+1/t13-/m0/s1. The number of likely N-dealkylation sites (tertiary alicyclic amines) is 1. The highest BCUT2D eigenvalue weighted by Gasteiger charge is 2.26. The zero-order valence-electron chi connectivity index (χ0n) is 15.1. The van der Waals surface area contributed by atoms with Crippen molar-refractivity contribution in [2.24, 2.45) is 0 Å². The highest BCUT2D eigenvalue weighted by Crippen LogP contribution is 2.32. The minimum atomic E-state index is 0.404. The molecule has 0 amide bonds. The predicted octanol–water partition coefficient (Wildman–Crippen LogP) is 2.69. The summed E-state index contributed by atoms with van der Waals surface area (Å²) in [5, 5.41) is 4.61. The first-order valence-corrected chi connectivity index (χ1v) is 9.22. The van der Waals surface area contributed by atoms with Gasteiger partial charge < -0.3 is 18.8 Å². The maximum Gasteiger partial charge on any atom is 0.292 e. The zero-order valence-corrected chi connectivity index (χ0v) is 15.9. The average Bonchev–Trinajstić information content (AvgIpc) is 3.01. The Labute approximate surface area is 153 Å². The molecule has 7 heteroatoms. The molecule has 0 radical (unpaired) electrons. The number of hydrogen-bond acceptors (Lipinski definition) is 5. The topological polar surface area (TPSA) is 53.9 Å². The molecule has 1 aliphatic rings. The fraction of sp³-hybridized carbons (Fsp3) is 0.556. The molecule has 2 aromatic rings. The highest BCUT2D eigenvalue weighted by molar-refractivity contribution is 7.71. The van der Waals surface area contributed by atoms with Gasteiger partial charge in [-0.05, 0) is 50.0 Å². The van der Waals surface area contributed by atoms with Gasteiger partial charge in [0, 0.05) is 6.07 Å². The van der Waals surface area contributed by atoms with Crippen LogP contribution in [0.25, 0.3) is 11.5 Å². The van der Waals surface area contributed by atoms with Gasteiger partial charge in [-0.2, -0.15) is 4.68 Å². The Kier molecular flexibility index (Phi) is 5.75. The Morgan fingerprint density at radius 3 is 2.88 bits per heavy atom. The summed E-state index contributed by atoms with van der Waals surface area (Å²) in [6, 6.07) is 6.23. The molecule has 1 aromatic carbocycles. The van der Waals surface area contributed by atoms with Crippen molar-refractivity contribution in [1.82, 2.24) is 9.78 Å². The zero-order chi connectivity index (χ0) is 17.8. The van der Waals surface area contributed by atoms with Crippen LogP contribution >= 0.6 is 12.2 Å². The van der Waals surface area contributed by atoms with Gasteiger partial charge >= 0.3 is 0 Å². The lowest BCUT2D eigenvalue weighted by molar-refractivity contribution is -0.953. The van der Waals surface area contributed by atoms with E-state index in [1.54, 1.807) is 18.9 Å². The van der Waals surface area contributed by atoms with Gasteiger partial charge in [0.25, 0.3) is 10.7 Å². The van der Waals surface area contributed by atoms with E-state index in [9.17, 15) is 0 Å². The van der Waals surface area contributed by atoms with Crippen LogP contribution in [0.1, 0.15) is 32.6 Å². The molecule has 25 heavy (non-hydrogen) atoms. The fourth-order valence-electron chi connectivity index (χ4n) is 3.53. The molecular weight excluding hydrogens is 338 g/mol. The van der Waals surface area contributed by atoms with E-state index in [0.29, 0.717) is 22.5 Å². The predicted molar refractivity (Wildman–Crippen MR) is 97.6 cm³/mol. The number of aromatic nitrogens is 2. The van der Waals surface area contributed by atoms with Crippen LogP contribution in [0.5, 0.6) is 11.5 Å². The Bertz CT molecular complexity index is 771. The van der Waals surface area contributed by atoms with Gasteiger partial charge in [-0.3, -0.25) is 0 Å². The van der Waals surface area contributed by atoms with Crippen LogP contribution in [-0.2, 0) is 6.67 Å². The van der Waals surface area contributed by atoms with Crippen LogP contribution in [0.2, 0.25) is 0 Å². The van der Waals surface area contributed by atoms with Crippen molar-refractivity contribution < 1.29 is 18.8 Å². The Morgan fingerprint density at radius 2 is 2.16 bits per heavy atom. The number of ether oxygens (including phenoxy) is 2. The first kappa shape index (κ1) is 17.9. The highest BCUT2D eigenvalue weighted by atomic mass is 32.1. The number of methoxy groups -OCH3 is 2. The summed E-state index contributed by atoms with van der Waals surface area (Å²) < 4.78 is 18.3. The maximum absolute atomic E-state index is 5.76. The second kappa shape index (κ2) is 8.01. The van der Waals surface area contributed by atoms with Gasteiger partial charge in [-0.1, -0.05) is 6.92 Å². The minimum Gasteiger partial charge on any atom is -0.497 e. The molecule has 2 atom stereocenters. The molecule has 0 saturated carbocycles. The second-order valence-corrected chi connectivity index (χ2v) is 6.76. The van der Waals surface area contributed by atoms with E-state index >= 15 is 0 Å². The monoisotopic (exact) mass is 364 g/mol. The lowest BCUT2D eigenvalue weighted by Crippen LogP contribution is -3.15. The Balaban J connectivity index is 1.86.